The van der Waals surface area contributed by atoms with Crippen LogP contribution in [0.1, 0.15) is 47.2 Å². The van der Waals surface area contributed by atoms with Crippen molar-refractivity contribution in [3.05, 3.63) is 64.2 Å². The molecule has 2 amide bonds. The summed E-state index contributed by atoms with van der Waals surface area (Å²) in [6.07, 6.45) is 0.263. The molecule has 0 aliphatic carbocycles. The van der Waals surface area contributed by atoms with Crippen LogP contribution in [0.3, 0.4) is 0 Å². The van der Waals surface area contributed by atoms with Crippen LogP contribution in [0.15, 0.2) is 36.4 Å². The molecule has 142 valence electrons. The van der Waals surface area contributed by atoms with Gasteiger partial charge in [0.2, 0.25) is 11.8 Å². The highest BCUT2D eigenvalue weighted by molar-refractivity contribution is 6.01. The van der Waals surface area contributed by atoms with Crippen LogP contribution in [0.2, 0.25) is 0 Å². The van der Waals surface area contributed by atoms with Crippen LogP contribution in [-0.2, 0) is 9.59 Å². The number of hydrogen-bond donors (Lipinski definition) is 1. The van der Waals surface area contributed by atoms with Crippen molar-refractivity contribution >= 4 is 17.5 Å². The van der Waals surface area contributed by atoms with E-state index in [4.69, 9.17) is 0 Å². The Hall–Kier alpha value is -2.62. The Labute approximate surface area is 161 Å². The van der Waals surface area contributed by atoms with E-state index in [1.54, 1.807) is 4.90 Å². The molecule has 3 rings (SSSR count). The third-order valence-corrected chi connectivity index (χ3v) is 5.62. The van der Waals surface area contributed by atoms with E-state index in [9.17, 15) is 9.59 Å². The Morgan fingerprint density at radius 3 is 2.59 bits per heavy atom. The first kappa shape index (κ1) is 19.2. The van der Waals surface area contributed by atoms with Crippen LogP contribution >= 0.6 is 0 Å². The van der Waals surface area contributed by atoms with E-state index in [1.165, 1.54) is 5.56 Å². The predicted octanol–water partition coefficient (Wildman–Crippen LogP) is 4.15. The lowest BCUT2D eigenvalue weighted by Gasteiger charge is -2.21. The highest BCUT2D eigenvalue weighted by Gasteiger charge is 2.36. The van der Waals surface area contributed by atoms with Gasteiger partial charge in [-0.1, -0.05) is 35.9 Å². The van der Waals surface area contributed by atoms with Crippen molar-refractivity contribution in [1.29, 1.82) is 0 Å². The molecule has 0 aromatic heterocycles. The first-order chi connectivity index (χ1) is 12.8. The van der Waals surface area contributed by atoms with Crippen molar-refractivity contribution in [3.63, 3.8) is 0 Å². The second kappa shape index (κ2) is 7.55. The Balaban J connectivity index is 1.72. The van der Waals surface area contributed by atoms with Gasteiger partial charge in [0.05, 0.1) is 12.0 Å². The minimum Gasteiger partial charge on any atom is -0.349 e. The lowest BCUT2D eigenvalue weighted by atomic mass is 9.99. The van der Waals surface area contributed by atoms with Gasteiger partial charge in [0.25, 0.3) is 0 Å². The maximum absolute atomic E-state index is 12.8. The van der Waals surface area contributed by atoms with E-state index < -0.39 is 0 Å². The van der Waals surface area contributed by atoms with E-state index in [1.807, 2.05) is 39.0 Å². The highest BCUT2D eigenvalue weighted by Crippen LogP contribution is 2.30. The normalized spacial score (nSPS) is 17.9. The zero-order chi connectivity index (χ0) is 19.7. The summed E-state index contributed by atoms with van der Waals surface area (Å²) in [6.45, 7) is 10.6. The molecule has 1 N–H and O–H groups in total. The molecular weight excluding hydrogens is 336 g/mol. The summed E-state index contributed by atoms with van der Waals surface area (Å²) < 4.78 is 0. The van der Waals surface area contributed by atoms with Gasteiger partial charge >= 0.3 is 0 Å². The van der Waals surface area contributed by atoms with Crippen molar-refractivity contribution < 1.29 is 9.59 Å². The number of carbonyl (C=O) groups excluding carboxylic acids is 2. The van der Waals surface area contributed by atoms with Gasteiger partial charge in [0.15, 0.2) is 0 Å². The summed E-state index contributed by atoms with van der Waals surface area (Å²) in [7, 11) is 0. The first-order valence-electron chi connectivity index (χ1n) is 9.52. The van der Waals surface area contributed by atoms with E-state index in [0.29, 0.717) is 6.54 Å². The Morgan fingerprint density at radius 1 is 1.11 bits per heavy atom. The molecule has 4 heteroatoms. The highest BCUT2D eigenvalue weighted by atomic mass is 16.2. The van der Waals surface area contributed by atoms with Crippen LogP contribution in [0.5, 0.6) is 0 Å². The molecule has 2 unspecified atom stereocenters. The monoisotopic (exact) mass is 364 g/mol. The number of nitrogens with zero attached hydrogens (tertiary/aromatic N) is 1. The third-order valence-electron chi connectivity index (χ3n) is 5.62. The molecule has 0 spiro atoms. The molecule has 0 bridgehead atoms. The molecule has 0 saturated carbocycles. The number of nitrogens with one attached hydrogen (secondary N) is 1. The lowest BCUT2D eigenvalue weighted by molar-refractivity contribution is -0.126. The zero-order valence-corrected chi connectivity index (χ0v) is 16.8. The lowest BCUT2D eigenvalue weighted by Crippen LogP contribution is -2.35. The smallest absolute Gasteiger partial charge is 0.227 e. The minimum absolute atomic E-state index is 0.0169. The molecule has 2 aromatic rings. The van der Waals surface area contributed by atoms with Crippen LogP contribution in [-0.4, -0.2) is 18.4 Å². The average molecular weight is 364 g/mol. The largest absolute Gasteiger partial charge is 0.349 e. The maximum Gasteiger partial charge on any atom is 0.227 e. The molecule has 1 fully saturated rings. The van der Waals surface area contributed by atoms with Gasteiger partial charge < -0.3 is 10.2 Å². The van der Waals surface area contributed by atoms with Crippen molar-refractivity contribution in [3.8, 4) is 0 Å². The van der Waals surface area contributed by atoms with Crippen LogP contribution in [0.25, 0.3) is 0 Å². The predicted molar refractivity (Wildman–Crippen MR) is 109 cm³/mol. The molecular formula is C23H28N2O2. The van der Waals surface area contributed by atoms with Crippen molar-refractivity contribution in [2.75, 3.05) is 11.4 Å². The quantitative estimate of drug-likeness (QED) is 0.886. The number of hydrogen-bond acceptors (Lipinski definition) is 2. The number of carbonyl (C=O) groups is 2. The van der Waals surface area contributed by atoms with Gasteiger partial charge in [-0.05, 0) is 62.9 Å². The molecule has 1 aliphatic heterocycles. The van der Waals surface area contributed by atoms with Gasteiger partial charge in [0, 0.05) is 18.7 Å². The maximum atomic E-state index is 12.8. The molecule has 0 radical (unpaired) electrons. The summed E-state index contributed by atoms with van der Waals surface area (Å²) in [5.41, 5.74) is 6.62. The van der Waals surface area contributed by atoms with Gasteiger partial charge in [-0.25, -0.2) is 0 Å². The number of amides is 2. The van der Waals surface area contributed by atoms with Crippen LogP contribution in [0.4, 0.5) is 5.69 Å². The SMILES string of the molecule is Cc1ccc(C)c(C(C)NC(=O)C2CC(=O)N(c3cccc(C)c3C)C2)c1. The van der Waals surface area contributed by atoms with Crippen molar-refractivity contribution in [2.24, 2.45) is 5.92 Å². The number of anilines is 1. The van der Waals surface area contributed by atoms with E-state index >= 15 is 0 Å². The summed E-state index contributed by atoms with van der Waals surface area (Å²) >= 11 is 0. The Morgan fingerprint density at radius 2 is 1.85 bits per heavy atom. The molecule has 4 nitrogen and oxygen atoms in total. The van der Waals surface area contributed by atoms with Gasteiger partial charge in [-0.2, -0.15) is 0 Å². The zero-order valence-electron chi connectivity index (χ0n) is 16.8. The van der Waals surface area contributed by atoms with Crippen molar-refractivity contribution in [1.82, 2.24) is 5.32 Å². The fraction of sp³-hybridized carbons (Fsp3) is 0.391. The molecule has 2 aromatic carbocycles. The van der Waals surface area contributed by atoms with E-state index in [2.05, 4.69) is 37.4 Å². The number of benzene rings is 2. The molecule has 27 heavy (non-hydrogen) atoms. The van der Waals surface area contributed by atoms with Crippen LogP contribution in [0, 0.1) is 33.6 Å². The average Bonchev–Trinajstić information content (AvgIpc) is 3.01. The fourth-order valence-corrected chi connectivity index (χ4v) is 3.78. The van der Waals surface area contributed by atoms with Gasteiger partial charge in [0.1, 0.15) is 0 Å². The summed E-state index contributed by atoms with van der Waals surface area (Å²) in [5, 5.41) is 3.11. The van der Waals surface area contributed by atoms with E-state index in [0.717, 1.165) is 27.9 Å². The van der Waals surface area contributed by atoms with E-state index in [-0.39, 0.29) is 30.2 Å². The minimum atomic E-state index is -0.315. The second-order valence-electron chi connectivity index (χ2n) is 7.71. The first-order valence-corrected chi connectivity index (χ1v) is 9.52. The molecule has 1 aliphatic rings. The number of aryl methyl sites for hydroxylation is 3. The Kier molecular flexibility index (Phi) is 5.36. The fourth-order valence-electron chi connectivity index (χ4n) is 3.78. The topological polar surface area (TPSA) is 49.4 Å². The molecule has 2 atom stereocenters. The van der Waals surface area contributed by atoms with Crippen molar-refractivity contribution in [2.45, 2.75) is 47.1 Å². The number of rotatable bonds is 4. The second-order valence-corrected chi connectivity index (χ2v) is 7.71. The Bertz CT molecular complexity index is 888. The third kappa shape index (κ3) is 3.90. The standard InChI is InChI=1S/C23H28N2O2/c1-14-9-10-16(3)20(11-14)18(5)24-23(27)19-12-22(26)25(13-19)21-8-6-7-15(2)17(21)4/h6-11,18-19H,12-13H2,1-5H3,(H,24,27). The summed E-state index contributed by atoms with van der Waals surface area (Å²) in [4.78, 5) is 27.1. The summed E-state index contributed by atoms with van der Waals surface area (Å²) in [6, 6.07) is 12.1. The van der Waals surface area contributed by atoms with Crippen LogP contribution < -0.4 is 10.2 Å². The van der Waals surface area contributed by atoms with Gasteiger partial charge in [-0.3, -0.25) is 9.59 Å². The molecule has 1 heterocycles. The summed E-state index contributed by atoms with van der Waals surface area (Å²) in [5.74, 6) is -0.349. The molecule has 1 saturated heterocycles. The van der Waals surface area contributed by atoms with Gasteiger partial charge in [-0.15, -0.1) is 0 Å².